The van der Waals surface area contributed by atoms with E-state index in [9.17, 15) is 14.0 Å². The van der Waals surface area contributed by atoms with Crippen molar-refractivity contribution in [2.75, 3.05) is 37.7 Å². The van der Waals surface area contributed by atoms with E-state index < -0.39 is 11.9 Å². The molecule has 0 aliphatic carbocycles. The van der Waals surface area contributed by atoms with E-state index >= 15 is 0 Å². The molecule has 1 aromatic rings. The van der Waals surface area contributed by atoms with E-state index in [1.807, 2.05) is 0 Å². The Labute approximate surface area is 121 Å². The number of benzene rings is 1. The molecular formula is C14H16FN3O3. The van der Waals surface area contributed by atoms with E-state index in [1.54, 1.807) is 4.90 Å². The first kappa shape index (κ1) is 14.0. The molecule has 2 heterocycles. The summed E-state index contributed by atoms with van der Waals surface area (Å²) in [6.45, 7) is 1.86. The van der Waals surface area contributed by atoms with E-state index in [2.05, 4.69) is 0 Å². The number of hydrogen-bond donors (Lipinski definition) is 1. The molecular weight excluding hydrogens is 277 g/mol. The summed E-state index contributed by atoms with van der Waals surface area (Å²) in [7, 11) is 0. The molecule has 2 N–H and O–H groups in total. The Morgan fingerprint density at radius 3 is 2.81 bits per heavy atom. The zero-order valence-electron chi connectivity index (χ0n) is 11.4. The average molecular weight is 293 g/mol. The first-order valence-corrected chi connectivity index (χ1v) is 6.80. The zero-order valence-corrected chi connectivity index (χ0v) is 11.4. The zero-order chi connectivity index (χ0) is 15.0. The second kappa shape index (κ2) is 5.42. The van der Waals surface area contributed by atoms with Gasteiger partial charge in [0, 0.05) is 18.7 Å². The fraction of sp³-hybridized carbons (Fsp3) is 0.429. The first-order valence-electron chi connectivity index (χ1n) is 6.80. The van der Waals surface area contributed by atoms with Gasteiger partial charge in [-0.3, -0.25) is 9.59 Å². The third-order valence-corrected chi connectivity index (χ3v) is 3.81. The van der Waals surface area contributed by atoms with E-state index in [0.29, 0.717) is 37.6 Å². The van der Waals surface area contributed by atoms with E-state index in [-0.39, 0.29) is 18.4 Å². The minimum atomic E-state index is -0.835. The molecule has 1 aromatic carbocycles. The largest absolute Gasteiger partial charge is 0.378 e. The Balaban J connectivity index is 1.81. The van der Waals surface area contributed by atoms with Crippen LogP contribution in [-0.2, 0) is 14.3 Å². The summed E-state index contributed by atoms with van der Waals surface area (Å²) in [5.74, 6) is -1.02. The Kier molecular flexibility index (Phi) is 3.60. The van der Waals surface area contributed by atoms with Crippen LogP contribution in [0.5, 0.6) is 0 Å². The molecule has 1 atom stereocenters. The van der Waals surface area contributed by atoms with Crippen LogP contribution in [0.15, 0.2) is 18.2 Å². The van der Waals surface area contributed by atoms with Gasteiger partial charge in [0.05, 0.1) is 18.9 Å². The molecule has 0 spiro atoms. The lowest BCUT2D eigenvalue weighted by Crippen LogP contribution is -2.47. The van der Waals surface area contributed by atoms with Crippen LogP contribution in [0.4, 0.5) is 10.1 Å². The maximum Gasteiger partial charge on any atom is 0.249 e. The number of nitrogens with two attached hydrogens (primary N) is 1. The first-order chi connectivity index (χ1) is 10.1. The number of anilines is 1. The molecule has 0 radical (unpaired) electrons. The summed E-state index contributed by atoms with van der Waals surface area (Å²) < 4.78 is 18.6. The smallest absolute Gasteiger partial charge is 0.249 e. The van der Waals surface area contributed by atoms with Crippen LogP contribution in [0, 0.1) is 5.82 Å². The van der Waals surface area contributed by atoms with Crippen molar-refractivity contribution in [1.82, 2.24) is 4.90 Å². The third kappa shape index (κ3) is 2.50. The molecule has 1 saturated heterocycles. The number of carbonyl (C=O) groups is 2. The molecule has 2 aliphatic rings. The van der Waals surface area contributed by atoms with Gasteiger partial charge >= 0.3 is 0 Å². The van der Waals surface area contributed by atoms with Crippen molar-refractivity contribution in [3.8, 4) is 0 Å². The van der Waals surface area contributed by atoms with Gasteiger partial charge in [-0.2, -0.15) is 0 Å². The lowest BCUT2D eigenvalue weighted by Gasteiger charge is -2.28. The number of halogens is 1. The average Bonchev–Trinajstić information content (AvgIpc) is 2.73. The summed E-state index contributed by atoms with van der Waals surface area (Å²) in [5, 5.41) is 0. The molecule has 7 heteroatoms. The fourth-order valence-electron chi connectivity index (χ4n) is 2.64. The van der Waals surface area contributed by atoms with Gasteiger partial charge in [-0.25, -0.2) is 4.39 Å². The summed E-state index contributed by atoms with van der Waals surface area (Å²) >= 11 is 0. The molecule has 0 saturated carbocycles. The van der Waals surface area contributed by atoms with Crippen molar-refractivity contribution < 1.29 is 18.7 Å². The monoisotopic (exact) mass is 293 g/mol. The number of nitrogens with zero attached hydrogens (tertiary/aromatic N) is 2. The third-order valence-electron chi connectivity index (χ3n) is 3.81. The molecule has 2 aliphatic heterocycles. The Hall–Kier alpha value is -1.99. The molecule has 112 valence electrons. The highest BCUT2D eigenvalue weighted by Crippen LogP contribution is 2.34. The van der Waals surface area contributed by atoms with Crippen LogP contribution < -0.4 is 10.6 Å². The minimum Gasteiger partial charge on any atom is -0.378 e. The van der Waals surface area contributed by atoms with Gasteiger partial charge in [0.25, 0.3) is 0 Å². The number of hydrogen-bond acceptors (Lipinski definition) is 4. The standard InChI is InChI=1S/C14H16FN3O3/c15-9-1-2-10-11(7-9)18(14(20)13(10)16)8-12(19)17-3-5-21-6-4-17/h1-2,7,13H,3-6,8,16H2. The molecule has 1 fully saturated rings. The van der Waals surface area contributed by atoms with Gasteiger partial charge in [0.2, 0.25) is 11.8 Å². The van der Waals surface area contributed by atoms with Gasteiger partial charge in [-0.15, -0.1) is 0 Å². The van der Waals surface area contributed by atoms with Crippen LogP contribution in [0.25, 0.3) is 0 Å². The molecule has 21 heavy (non-hydrogen) atoms. The summed E-state index contributed by atoms with van der Waals surface area (Å²) in [5.41, 5.74) is 6.76. The number of ether oxygens (including phenoxy) is 1. The number of carbonyl (C=O) groups excluding carboxylic acids is 2. The lowest BCUT2D eigenvalue weighted by atomic mass is 10.1. The van der Waals surface area contributed by atoms with Crippen molar-refractivity contribution in [2.45, 2.75) is 6.04 Å². The number of fused-ring (bicyclic) bond motifs is 1. The predicted octanol–water partition coefficient (Wildman–Crippen LogP) is 0.0309. The van der Waals surface area contributed by atoms with Crippen molar-refractivity contribution in [3.63, 3.8) is 0 Å². The summed E-state index contributed by atoms with van der Waals surface area (Å²) in [6.07, 6.45) is 0. The van der Waals surface area contributed by atoms with E-state index in [1.165, 1.54) is 23.1 Å². The van der Waals surface area contributed by atoms with E-state index in [4.69, 9.17) is 10.5 Å². The minimum absolute atomic E-state index is 0.122. The molecule has 0 aromatic heterocycles. The van der Waals surface area contributed by atoms with Crippen LogP contribution in [0.2, 0.25) is 0 Å². The number of rotatable bonds is 2. The van der Waals surface area contributed by atoms with Crippen LogP contribution >= 0.6 is 0 Å². The maximum atomic E-state index is 13.4. The molecule has 6 nitrogen and oxygen atoms in total. The highest BCUT2D eigenvalue weighted by molar-refractivity contribution is 6.07. The number of amides is 2. The second-order valence-electron chi connectivity index (χ2n) is 5.10. The predicted molar refractivity (Wildman–Crippen MR) is 73.1 cm³/mol. The quantitative estimate of drug-likeness (QED) is 0.835. The Morgan fingerprint density at radius 2 is 2.10 bits per heavy atom. The van der Waals surface area contributed by atoms with Crippen LogP contribution in [0.3, 0.4) is 0 Å². The fourth-order valence-corrected chi connectivity index (χ4v) is 2.64. The van der Waals surface area contributed by atoms with Crippen molar-refractivity contribution in [1.29, 1.82) is 0 Å². The highest BCUT2D eigenvalue weighted by atomic mass is 19.1. The molecule has 3 rings (SSSR count). The van der Waals surface area contributed by atoms with E-state index in [0.717, 1.165) is 0 Å². The van der Waals surface area contributed by atoms with Gasteiger partial charge in [-0.05, 0) is 12.1 Å². The Bertz CT molecular complexity index is 587. The summed E-state index contributed by atoms with van der Waals surface area (Å²) in [4.78, 5) is 27.3. The van der Waals surface area contributed by atoms with Crippen LogP contribution in [0.1, 0.15) is 11.6 Å². The van der Waals surface area contributed by atoms with Crippen molar-refractivity contribution >= 4 is 17.5 Å². The lowest BCUT2D eigenvalue weighted by molar-refractivity contribution is -0.135. The van der Waals surface area contributed by atoms with Crippen molar-refractivity contribution in [3.05, 3.63) is 29.6 Å². The molecule has 2 amide bonds. The highest BCUT2D eigenvalue weighted by Gasteiger charge is 2.36. The topological polar surface area (TPSA) is 75.9 Å². The number of morpholine rings is 1. The van der Waals surface area contributed by atoms with Gasteiger partial charge < -0.3 is 20.3 Å². The summed E-state index contributed by atoms with van der Waals surface area (Å²) in [6, 6.07) is 3.16. The van der Waals surface area contributed by atoms with Crippen LogP contribution in [-0.4, -0.2) is 49.6 Å². The van der Waals surface area contributed by atoms with Gasteiger partial charge in [0.15, 0.2) is 0 Å². The SMILES string of the molecule is NC1C(=O)N(CC(=O)N2CCOCC2)c2cc(F)ccc21. The van der Waals surface area contributed by atoms with Gasteiger partial charge in [-0.1, -0.05) is 6.07 Å². The van der Waals surface area contributed by atoms with Crippen molar-refractivity contribution in [2.24, 2.45) is 5.73 Å². The van der Waals surface area contributed by atoms with Gasteiger partial charge in [0.1, 0.15) is 18.4 Å². The molecule has 0 bridgehead atoms. The normalized spacial score (nSPS) is 21.6. The second-order valence-corrected chi connectivity index (χ2v) is 5.10. The molecule has 1 unspecified atom stereocenters. The maximum absolute atomic E-state index is 13.4. The Morgan fingerprint density at radius 1 is 1.38 bits per heavy atom.